The summed E-state index contributed by atoms with van der Waals surface area (Å²) in [6.07, 6.45) is 0. The van der Waals surface area contributed by atoms with E-state index in [4.69, 9.17) is 11.6 Å². The summed E-state index contributed by atoms with van der Waals surface area (Å²) in [6, 6.07) is 20.6. The first-order valence-corrected chi connectivity index (χ1v) is 11.2. The molecule has 0 heterocycles. The average Bonchev–Trinajstić information content (AvgIpc) is 2.74. The van der Waals surface area contributed by atoms with Crippen LogP contribution in [0.4, 0.5) is 5.69 Å². The van der Waals surface area contributed by atoms with Crippen LogP contribution in [0.2, 0.25) is 5.02 Å². The van der Waals surface area contributed by atoms with Crippen LogP contribution in [0.5, 0.6) is 0 Å². The van der Waals surface area contributed by atoms with Crippen molar-refractivity contribution in [3.63, 3.8) is 0 Å². The molecule has 0 atom stereocenters. The molecule has 0 fully saturated rings. The van der Waals surface area contributed by atoms with Crippen LogP contribution in [0, 0.1) is 6.92 Å². The van der Waals surface area contributed by atoms with Gasteiger partial charge in [-0.1, -0.05) is 48.0 Å². The van der Waals surface area contributed by atoms with Gasteiger partial charge in [-0.2, -0.15) is 0 Å². The predicted molar refractivity (Wildman–Crippen MR) is 120 cm³/mol. The van der Waals surface area contributed by atoms with Crippen LogP contribution in [0.15, 0.2) is 77.7 Å². The summed E-state index contributed by atoms with van der Waals surface area (Å²) in [6.45, 7) is 2.22. The number of amides is 1. The van der Waals surface area contributed by atoms with E-state index in [2.05, 4.69) is 0 Å². The van der Waals surface area contributed by atoms with Crippen LogP contribution in [-0.4, -0.2) is 33.3 Å². The lowest BCUT2D eigenvalue weighted by atomic mass is 10.1. The molecule has 0 N–H and O–H groups in total. The first-order chi connectivity index (χ1) is 14.2. The van der Waals surface area contributed by atoms with E-state index < -0.39 is 10.0 Å². The van der Waals surface area contributed by atoms with Gasteiger partial charge < -0.3 is 4.90 Å². The smallest absolute Gasteiger partial charge is 0.264 e. The minimum atomic E-state index is -3.81. The zero-order valence-electron chi connectivity index (χ0n) is 17.0. The lowest BCUT2D eigenvalue weighted by Crippen LogP contribution is -2.28. The van der Waals surface area contributed by atoms with Crippen molar-refractivity contribution < 1.29 is 13.2 Å². The van der Waals surface area contributed by atoms with Crippen molar-refractivity contribution in [1.29, 1.82) is 0 Å². The van der Waals surface area contributed by atoms with Crippen molar-refractivity contribution in [2.24, 2.45) is 0 Å². The number of aryl methyl sites for hydroxylation is 1. The van der Waals surface area contributed by atoms with Crippen LogP contribution in [0.3, 0.4) is 0 Å². The maximum absolute atomic E-state index is 13.1. The Bertz CT molecular complexity index is 1180. The number of anilines is 1. The van der Waals surface area contributed by atoms with Gasteiger partial charge in [0, 0.05) is 31.2 Å². The van der Waals surface area contributed by atoms with Crippen molar-refractivity contribution in [2.75, 3.05) is 18.4 Å². The minimum Gasteiger partial charge on any atom is -0.337 e. The molecule has 30 heavy (non-hydrogen) atoms. The lowest BCUT2D eigenvalue weighted by molar-refractivity contribution is 0.0785. The van der Waals surface area contributed by atoms with Crippen molar-refractivity contribution in [1.82, 2.24) is 4.90 Å². The largest absolute Gasteiger partial charge is 0.337 e. The topological polar surface area (TPSA) is 57.7 Å². The van der Waals surface area contributed by atoms with Gasteiger partial charge in [0.25, 0.3) is 15.9 Å². The molecule has 0 aliphatic carbocycles. The van der Waals surface area contributed by atoms with E-state index in [1.54, 1.807) is 43.4 Å². The van der Waals surface area contributed by atoms with E-state index in [0.29, 0.717) is 22.8 Å². The van der Waals surface area contributed by atoms with Crippen LogP contribution in [0.1, 0.15) is 21.5 Å². The number of carbonyl (C=O) groups excluding carboxylic acids is 1. The van der Waals surface area contributed by atoms with Crippen molar-refractivity contribution in [3.8, 4) is 0 Å². The molecule has 3 rings (SSSR count). The summed E-state index contributed by atoms with van der Waals surface area (Å²) in [5.41, 5.74) is 2.63. The Morgan fingerprint density at radius 3 is 2.33 bits per heavy atom. The van der Waals surface area contributed by atoms with Crippen molar-refractivity contribution >= 4 is 33.2 Å². The van der Waals surface area contributed by atoms with Gasteiger partial charge in [-0.15, -0.1) is 0 Å². The molecule has 3 aromatic rings. The Morgan fingerprint density at radius 1 is 0.933 bits per heavy atom. The van der Waals surface area contributed by atoms with Crippen molar-refractivity contribution in [2.45, 2.75) is 18.4 Å². The molecular weight excluding hydrogens is 420 g/mol. The van der Waals surface area contributed by atoms with Crippen LogP contribution in [-0.2, 0) is 16.6 Å². The summed E-state index contributed by atoms with van der Waals surface area (Å²) >= 11 is 6.19. The van der Waals surface area contributed by atoms with E-state index in [0.717, 1.165) is 11.1 Å². The Labute approximate surface area is 182 Å². The monoisotopic (exact) mass is 442 g/mol. The summed E-state index contributed by atoms with van der Waals surface area (Å²) < 4.78 is 27.4. The number of rotatable bonds is 6. The summed E-state index contributed by atoms with van der Waals surface area (Å²) in [7, 11) is -0.654. The number of nitrogens with zero attached hydrogens (tertiary/aromatic N) is 2. The second-order valence-electron chi connectivity index (χ2n) is 7.09. The van der Waals surface area contributed by atoms with Gasteiger partial charge in [-0.3, -0.25) is 9.10 Å². The summed E-state index contributed by atoms with van der Waals surface area (Å²) in [5.74, 6) is -0.287. The fraction of sp³-hybridized carbons (Fsp3) is 0.174. The Hall–Kier alpha value is -2.83. The highest BCUT2D eigenvalue weighted by molar-refractivity contribution is 7.92. The van der Waals surface area contributed by atoms with Crippen LogP contribution in [0.25, 0.3) is 0 Å². The third kappa shape index (κ3) is 4.66. The third-order valence-corrected chi connectivity index (χ3v) is 6.97. The minimum absolute atomic E-state index is 0.0588. The van der Waals surface area contributed by atoms with Gasteiger partial charge in [-0.25, -0.2) is 8.42 Å². The average molecular weight is 443 g/mol. The highest BCUT2D eigenvalue weighted by Gasteiger charge is 2.23. The summed E-state index contributed by atoms with van der Waals surface area (Å²) in [5, 5.41) is 0.577. The molecule has 0 saturated heterocycles. The Kier molecular flexibility index (Phi) is 6.48. The molecule has 0 radical (unpaired) electrons. The number of hydrogen-bond donors (Lipinski definition) is 0. The quantitative estimate of drug-likeness (QED) is 0.553. The molecule has 0 unspecified atom stereocenters. The lowest BCUT2D eigenvalue weighted by Gasteiger charge is -2.21. The maximum Gasteiger partial charge on any atom is 0.264 e. The van der Waals surface area contributed by atoms with Crippen molar-refractivity contribution in [3.05, 3.63) is 94.5 Å². The zero-order valence-corrected chi connectivity index (χ0v) is 18.6. The van der Waals surface area contributed by atoms with Gasteiger partial charge >= 0.3 is 0 Å². The first-order valence-electron chi connectivity index (χ1n) is 9.34. The second-order valence-corrected chi connectivity index (χ2v) is 9.47. The van der Waals surface area contributed by atoms with E-state index in [-0.39, 0.29) is 10.8 Å². The third-order valence-electron chi connectivity index (χ3n) is 4.82. The zero-order chi connectivity index (χ0) is 21.9. The van der Waals surface area contributed by atoms with E-state index in [1.165, 1.54) is 28.4 Å². The van der Waals surface area contributed by atoms with Crippen LogP contribution >= 0.6 is 11.6 Å². The van der Waals surface area contributed by atoms with Gasteiger partial charge in [0.1, 0.15) is 0 Å². The van der Waals surface area contributed by atoms with Gasteiger partial charge in [0.2, 0.25) is 0 Å². The molecule has 0 aromatic heterocycles. The fourth-order valence-corrected chi connectivity index (χ4v) is 4.51. The number of benzene rings is 3. The highest BCUT2D eigenvalue weighted by atomic mass is 35.5. The highest BCUT2D eigenvalue weighted by Crippen LogP contribution is 2.24. The molecule has 0 aliphatic heterocycles. The number of carbonyl (C=O) groups is 1. The molecular formula is C23H23ClN2O3S. The second kappa shape index (κ2) is 8.90. The van der Waals surface area contributed by atoms with E-state index in [1.807, 2.05) is 31.2 Å². The van der Waals surface area contributed by atoms with Crippen LogP contribution < -0.4 is 4.31 Å². The fourth-order valence-electron chi connectivity index (χ4n) is 3.08. The molecule has 0 saturated carbocycles. The molecule has 5 nitrogen and oxygen atoms in total. The Morgan fingerprint density at radius 2 is 1.63 bits per heavy atom. The normalized spacial score (nSPS) is 11.2. The first kappa shape index (κ1) is 21.9. The standard InChI is InChI=1S/C23H23ClN2O3S/c1-17-8-6-11-20(14-17)26(3)30(28,29)21-12-7-10-18(15-21)23(27)25(2)16-19-9-4-5-13-22(19)24/h4-15H,16H2,1-3H3. The SMILES string of the molecule is Cc1cccc(N(C)S(=O)(=O)c2cccc(C(=O)N(C)Cc3ccccc3Cl)c2)c1. The van der Waals surface area contributed by atoms with Gasteiger partial charge in [0.05, 0.1) is 10.6 Å². The Balaban J connectivity index is 1.86. The maximum atomic E-state index is 13.1. The molecule has 3 aromatic carbocycles. The molecule has 156 valence electrons. The number of hydrogen-bond acceptors (Lipinski definition) is 3. The molecule has 0 aliphatic rings. The van der Waals surface area contributed by atoms with E-state index >= 15 is 0 Å². The summed E-state index contributed by atoms with van der Waals surface area (Å²) in [4.78, 5) is 14.5. The molecule has 7 heteroatoms. The molecule has 1 amide bonds. The number of halogens is 1. The number of sulfonamides is 1. The van der Waals surface area contributed by atoms with Gasteiger partial charge in [0.15, 0.2) is 0 Å². The van der Waals surface area contributed by atoms with E-state index in [9.17, 15) is 13.2 Å². The predicted octanol–water partition coefficient (Wildman–Crippen LogP) is 4.75. The van der Waals surface area contributed by atoms with Gasteiger partial charge in [-0.05, 0) is 54.4 Å². The molecule has 0 spiro atoms. The molecule has 0 bridgehead atoms.